The van der Waals surface area contributed by atoms with Gasteiger partial charge in [-0.1, -0.05) is 0 Å². The average Bonchev–Trinajstić information content (AvgIpc) is 3.38. The van der Waals surface area contributed by atoms with E-state index < -0.39 is 0 Å². The molecular weight excluding hydrogens is 284 g/mol. The van der Waals surface area contributed by atoms with Gasteiger partial charge < -0.3 is 15.0 Å². The number of hydrogen-bond donors (Lipinski definition) is 1. The molecule has 3 heterocycles. The van der Waals surface area contributed by atoms with Crippen LogP contribution in [0.1, 0.15) is 41.4 Å². The summed E-state index contributed by atoms with van der Waals surface area (Å²) in [6.45, 7) is 1.21. The van der Waals surface area contributed by atoms with Crippen LogP contribution in [0.2, 0.25) is 0 Å². The molecule has 1 aliphatic carbocycles. The SMILES string of the molecule is O=C1CO[C@H]2CCN(C(=O)c3cnc(C4CC4)nc3)C[C@@H]2N1. The summed E-state index contributed by atoms with van der Waals surface area (Å²) < 4.78 is 5.50. The second kappa shape index (κ2) is 5.31. The molecule has 2 saturated heterocycles. The van der Waals surface area contributed by atoms with Crippen LogP contribution in [0.25, 0.3) is 0 Å². The summed E-state index contributed by atoms with van der Waals surface area (Å²) in [6, 6.07) is -0.120. The lowest BCUT2D eigenvalue weighted by Crippen LogP contribution is -2.61. The van der Waals surface area contributed by atoms with Crippen molar-refractivity contribution in [3.05, 3.63) is 23.8 Å². The van der Waals surface area contributed by atoms with E-state index in [1.165, 1.54) is 0 Å². The number of aromatic nitrogens is 2. The average molecular weight is 302 g/mol. The molecule has 1 aromatic rings. The number of ether oxygens (including phenoxy) is 1. The summed E-state index contributed by atoms with van der Waals surface area (Å²) in [5, 5.41) is 2.90. The minimum Gasteiger partial charge on any atom is -0.366 e. The zero-order valence-electron chi connectivity index (χ0n) is 12.2. The van der Waals surface area contributed by atoms with Crippen LogP contribution in [-0.4, -0.2) is 58.5 Å². The Labute approximate surface area is 128 Å². The first-order valence-electron chi connectivity index (χ1n) is 7.73. The van der Waals surface area contributed by atoms with Crippen LogP contribution >= 0.6 is 0 Å². The Bertz CT molecular complexity index is 599. The molecule has 2 aliphatic heterocycles. The van der Waals surface area contributed by atoms with Crippen LogP contribution in [0.4, 0.5) is 0 Å². The number of amides is 2. The van der Waals surface area contributed by atoms with Crippen LogP contribution in [-0.2, 0) is 9.53 Å². The predicted octanol–water partition coefficient (Wildman–Crippen LogP) is 0.0835. The molecular formula is C15H18N4O3. The van der Waals surface area contributed by atoms with Crippen LogP contribution in [0.15, 0.2) is 12.4 Å². The van der Waals surface area contributed by atoms with Crippen molar-refractivity contribution in [1.82, 2.24) is 20.2 Å². The van der Waals surface area contributed by atoms with Gasteiger partial charge in [0.25, 0.3) is 5.91 Å². The van der Waals surface area contributed by atoms with Gasteiger partial charge in [-0.05, 0) is 19.3 Å². The number of hydrogen-bond acceptors (Lipinski definition) is 5. The lowest BCUT2D eigenvalue weighted by Gasteiger charge is -2.41. The van der Waals surface area contributed by atoms with Gasteiger partial charge in [-0.15, -0.1) is 0 Å². The van der Waals surface area contributed by atoms with E-state index >= 15 is 0 Å². The Morgan fingerprint density at radius 1 is 1.27 bits per heavy atom. The lowest BCUT2D eigenvalue weighted by atomic mass is 10.00. The normalized spacial score (nSPS) is 28.0. The summed E-state index contributed by atoms with van der Waals surface area (Å²) in [7, 11) is 0. The number of rotatable bonds is 2. The van der Waals surface area contributed by atoms with E-state index in [0.29, 0.717) is 24.6 Å². The molecule has 1 aromatic heterocycles. The van der Waals surface area contributed by atoms with Gasteiger partial charge in [-0.2, -0.15) is 0 Å². The van der Waals surface area contributed by atoms with E-state index in [0.717, 1.165) is 25.1 Å². The maximum absolute atomic E-state index is 12.5. The van der Waals surface area contributed by atoms with Crippen molar-refractivity contribution < 1.29 is 14.3 Å². The van der Waals surface area contributed by atoms with Crippen molar-refractivity contribution in [1.29, 1.82) is 0 Å². The monoisotopic (exact) mass is 302 g/mol. The molecule has 0 radical (unpaired) electrons. The molecule has 3 aliphatic rings. The fraction of sp³-hybridized carbons (Fsp3) is 0.600. The Morgan fingerprint density at radius 3 is 2.77 bits per heavy atom. The smallest absolute Gasteiger partial charge is 0.257 e. The molecule has 2 amide bonds. The molecule has 7 heteroatoms. The molecule has 3 fully saturated rings. The number of piperidine rings is 1. The zero-order chi connectivity index (χ0) is 15.1. The highest BCUT2D eigenvalue weighted by molar-refractivity contribution is 5.93. The van der Waals surface area contributed by atoms with Crippen LogP contribution < -0.4 is 5.32 Å². The van der Waals surface area contributed by atoms with Crippen molar-refractivity contribution >= 4 is 11.8 Å². The number of carbonyl (C=O) groups excluding carboxylic acids is 2. The van der Waals surface area contributed by atoms with Crippen LogP contribution in [0, 0.1) is 0 Å². The zero-order valence-corrected chi connectivity index (χ0v) is 12.2. The first-order valence-corrected chi connectivity index (χ1v) is 7.73. The van der Waals surface area contributed by atoms with E-state index in [2.05, 4.69) is 15.3 Å². The number of nitrogens with zero attached hydrogens (tertiary/aromatic N) is 3. The predicted molar refractivity (Wildman–Crippen MR) is 76.2 cm³/mol. The highest BCUT2D eigenvalue weighted by Crippen LogP contribution is 2.37. The number of morpholine rings is 1. The first-order chi connectivity index (χ1) is 10.7. The maximum atomic E-state index is 12.5. The van der Waals surface area contributed by atoms with E-state index in [1.807, 2.05) is 0 Å². The molecule has 0 spiro atoms. The van der Waals surface area contributed by atoms with Crippen LogP contribution in [0.5, 0.6) is 0 Å². The highest BCUT2D eigenvalue weighted by Gasteiger charge is 2.36. The van der Waals surface area contributed by atoms with Gasteiger partial charge in [0.2, 0.25) is 5.91 Å². The van der Waals surface area contributed by atoms with Gasteiger partial charge in [0.05, 0.1) is 17.7 Å². The lowest BCUT2D eigenvalue weighted by molar-refractivity contribution is -0.139. The van der Waals surface area contributed by atoms with Crippen molar-refractivity contribution in [3.8, 4) is 0 Å². The third-order valence-electron chi connectivity index (χ3n) is 4.47. The van der Waals surface area contributed by atoms with Gasteiger partial charge in [-0.25, -0.2) is 9.97 Å². The number of likely N-dealkylation sites (tertiary alicyclic amines) is 1. The summed E-state index contributed by atoms with van der Waals surface area (Å²) in [6.07, 6.45) is 6.26. The molecule has 0 unspecified atom stereocenters. The highest BCUT2D eigenvalue weighted by atomic mass is 16.5. The number of fused-ring (bicyclic) bond motifs is 1. The van der Waals surface area contributed by atoms with Gasteiger partial charge in [0.15, 0.2) is 0 Å². The Morgan fingerprint density at radius 2 is 2.05 bits per heavy atom. The minimum atomic E-state index is -0.120. The Hall–Kier alpha value is -2.02. The fourth-order valence-corrected chi connectivity index (χ4v) is 3.07. The molecule has 1 N–H and O–H groups in total. The number of nitrogens with one attached hydrogen (secondary N) is 1. The summed E-state index contributed by atoms with van der Waals surface area (Å²) in [5.74, 6) is 1.12. The van der Waals surface area contributed by atoms with Gasteiger partial charge in [-0.3, -0.25) is 9.59 Å². The number of carbonyl (C=O) groups is 2. The second-order valence-electron chi connectivity index (χ2n) is 6.17. The van der Waals surface area contributed by atoms with E-state index in [-0.39, 0.29) is 30.6 Å². The van der Waals surface area contributed by atoms with E-state index in [1.54, 1.807) is 17.3 Å². The summed E-state index contributed by atoms with van der Waals surface area (Å²) >= 11 is 0. The molecule has 2 atom stereocenters. The third kappa shape index (κ3) is 2.56. The summed E-state index contributed by atoms with van der Waals surface area (Å²) in [4.78, 5) is 34.3. The molecule has 116 valence electrons. The molecule has 22 heavy (non-hydrogen) atoms. The van der Waals surface area contributed by atoms with Crippen LogP contribution in [0.3, 0.4) is 0 Å². The van der Waals surface area contributed by atoms with E-state index in [9.17, 15) is 9.59 Å². The van der Waals surface area contributed by atoms with Crippen molar-refractivity contribution in [2.24, 2.45) is 0 Å². The largest absolute Gasteiger partial charge is 0.366 e. The van der Waals surface area contributed by atoms with Crippen molar-refractivity contribution in [2.75, 3.05) is 19.7 Å². The van der Waals surface area contributed by atoms with Crippen molar-refractivity contribution in [2.45, 2.75) is 37.3 Å². The first kappa shape index (κ1) is 13.6. The fourth-order valence-electron chi connectivity index (χ4n) is 3.07. The maximum Gasteiger partial charge on any atom is 0.257 e. The van der Waals surface area contributed by atoms with Crippen molar-refractivity contribution in [3.63, 3.8) is 0 Å². The second-order valence-corrected chi connectivity index (χ2v) is 6.17. The quantitative estimate of drug-likeness (QED) is 0.836. The topological polar surface area (TPSA) is 84.4 Å². The molecule has 4 rings (SSSR count). The van der Waals surface area contributed by atoms with Gasteiger partial charge in [0, 0.05) is 31.4 Å². The Balaban J connectivity index is 1.44. The van der Waals surface area contributed by atoms with E-state index in [4.69, 9.17) is 4.74 Å². The van der Waals surface area contributed by atoms with Gasteiger partial charge >= 0.3 is 0 Å². The minimum absolute atomic E-state index is 0.00948. The molecule has 7 nitrogen and oxygen atoms in total. The molecule has 0 aromatic carbocycles. The summed E-state index contributed by atoms with van der Waals surface area (Å²) in [5.41, 5.74) is 0.505. The Kier molecular flexibility index (Phi) is 3.29. The molecule has 1 saturated carbocycles. The molecule has 0 bridgehead atoms. The standard InChI is InChI=1S/C15H18N4O3/c20-13-8-22-12-3-4-19(7-11(12)18-13)15(21)10-5-16-14(17-6-10)9-1-2-9/h5-6,9,11-12H,1-4,7-8H2,(H,18,20)/t11-,12-/m0/s1. The third-order valence-corrected chi connectivity index (χ3v) is 4.47. The van der Waals surface area contributed by atoms with Gasteiger partial charge in [0.1, 0.15) is 12.4 Å².